The van der Waals surface area contributed by atoms with Crippen molar-refractivity contribution in [3.05, 3.63) is 59.7 Å². The summed E-state index contributed by atoms with van der Waals surface area (Å²) in [5.74, 6) is -1.39. The lowest BCUT2D eigenvalue weighted by Gasteiger charge is -2.26. The molecule has 0 unspecified atom stereocenters. The molecule has 0 spiro atoms. The summed E-state index contributed by atoms with van der Waals surface area (Å²) >= 11 is 0. The van der Waals surface area contributed by atoms with E-state index in [0.717, 1.165) is 0 Å². The van der Waals surface area contributed by atoms with E-state index in [1.807, 2.05) is 12.1 Å². The van der Waals surface area contributed by atoms with Gasteiger partial charge in [0, 0.05) is 11.1 Å². The van der Waals surface area contributed by atoms with Gasteiger partial charge in [-0.05, 0) is 12.1 Å². The first kappa shape index (κ1) is 16.5. The number of nitrogens with two attached hydrogens (primary N) is 1. The Labute approximate surface area is 143 Å². The highest BCUT2D eigenvalue weighted by Crippen LogP contribution is 2.44. The van der Waals surface area contributed by atoms with Crippen molar-refractivity contribution in [3.63, 3.8) is 0 Å². The van der Waals surface area contributed by atoms with E-state index in [4.69, 9.17) is 15.2 Å². The maximum absolute atomic E-state index is 12.6. The Kier molecular flexibility index (Phi) is 4.65. The highest BCUT2D eigenvalue weighted by Gasteiger charge is 2.33. The summed E-state index contributed by atoms with van der Waals surface area (Å²) < 4.78 is 10.9. The summed E-state index contributed by atoms with van der Waals surface area (Å²) in [6.45, 7) is -0.798. The van der Waals surface area contributed by atoms with Crippen molar-refractivity contribution < 1.29 is 23.9 Å². The fraction of sp³-hybridized carbons (Fsp3) is 0.167. The maximum Gasteiger partial charge on any atom is 0.318 e. The van der Waals surface area contributed by atoms with Crippen molar-refractivity contribution >= 4 is 17.8 Å². The number of nitrogens with one attached hydrogen (secondary N) is 1. The van der Waals surface area contributed by atoms with Crippen LogP contribution in [0.2, 0.25) is 0 Å². The van der Waals surface area contributed by atoms with Gasteiger partial charge in [0.15, 0.2) is 6.61 Å². The van der Waals surface area contributed by atoms with Crippen LogP contribution in [0.1, 0.15) is 17.0 Å². The highest BCUT2D eigenvalue weighted by atomic mass is 16.5. The molecule has 1 heterocycles. The molecule has 2 amide bonds. The Bertz CT molecular complexity index is 788. The quantitative estimate of drug-likeness (QED) is 0.792. The standard InChI is InChI=1S/C18H16N2O5/c19-15(21)9-20-16(22)10-24-18(23)17-11-5-1-3-7-13(11)25-14-8-4-2-6-12(14)17/h1-8,17H,9-10H2,(H2,19,21)(H,20,22). The third-order valence-electron chi connectivity index (χ3n) is 3.72. The summed E-state index contributed by atoms with van der Waals surface area (Å²) in [7, 11) is 0. The zero-order chi connectivity index (χ0) is 17.8. The van der Waals surface area contributed by atoms with Crippen LogP contribution >= 0.6 is 0 Å². The SMILES string of the molecule is NC(=O)CNC(=O)COC(=O)C1c2ccccc2Oc2ccccc21. The van der Waals surface area contributed by atoms with Gasteiger partial charge in [-0.3, -0.25) is 14.4 Å². The second-order valence-corrected chi connectivity index (χ2v) is 5.46. The Hall–Kier alpha value is -3.35. The van der Waals surface area contributed by atoms with E-state index < -0.39 is 30.3 Å². The lowest BCUT2D eigenvalue weighted by molar-refractivity contribution is -0.149. The first-order valence-corrected chi connectivity index (χ1v) is 7.63. The predicted octanol–water partition coefficient (Wildman–Crippen LogP) is 1.07. The highest BCUT2D eigenvalue weighted by molar-refractivity contribution is 5.89. The lowest BCUT2D eigenvalue weighted by Crippen LogP contribution is -2.36. The zero-order valence-corrected chi connectivity index (χ0v) is 13.2. The minimum absolute atomic E-state index is 0.306. The molecule has 7 heteroatoms. The van der Waals surface area contributed by atoms with Crippen LogP contribution in [0.3, 0.4) is 0 Å². The molecule has 3 rings (SSSR count). The third-order valence-corrected chi connectivity index (χ3v) is 3.72. The summed E-state index contributed by atoms with van der Waals surface area (Å²) in [5.41, 5.74) is 6.28. The molecule has 0 radical (unpaired) electrons. The molecule has 2 aromatic rings. The Balaban J connectivity index is 1.78. The number of amides is 2. The van der Waals surface area contributed by atoms with E-state index in [1.54, 1.807) is 36.4 Å². The first-order chi connectivity index (χ1) is 12.1. The molecule has 1 aliphatic rings. The van der Waals surface area contributed by atoms with Gasteiger partial charge in [-0.1, -0.05) is 36.4 Å². The van der Waals surface area contributed by atoms with E-state index in [2.05, 4.69) is 5.32 Å². The van der Waals surface area contributed by atoms with Gasteiger partial charge in [-0.2, -0.15) is 0 Å². The summed E-state index contributed by atoms with van der Waals surface area (Å²) in [6, 6.07) is 14.3. The molecule has 128 valence electrons. The van der Waals surface area contributed by atoms with E-state index in [0.29, 0.717) is 22.6 Å². The molecule has 2 aromatic carbocycles. The number of primary amides is 1. The molecule has 1 aliphatic heterocycles. The number of fused-ring (bicyclic) bond motifs is 2. The topological polar surface area (TPSA) is 108 Å². The predicted molar refractivity (Wildman–Crippen MR) is 88.0 cm³/mol. The molecule has 0 saturated heterocycles. The summed E-state index contributed by atoms with van der Waals surface area (Å²) in [5, 5.41) is 2.26. The van der Waals surface area contributed by atoms with Crippen molar-refractivity contribution in [2.75, 3.05) is 13.2 Å². The average molecular weight is 340 g/mol. The minimum Gasteiger partial charge on any atom is -0.457 e. The van der Waals surface area contributed by atoms with Crippen LogP contribution in [0.4, 0.5) is 0 Å². The van der Waals surface area contributed by atoms with Crippen molar-refractivity contribution in [1.82, 2.24) is 5.32 Å². The molecule has 0 aliphatic carbocycles. The maximum atomic E-state index is 12.6. The molecule has 7 nitrogen and oxygen atoms in total. The van der Waals surface area contributed by atoms with Gasteiger partial charge in [0.05, 0.1) is 6.54 Å². The van der Waals surface area contributed by atoms with Gasteiger partial charge < -0.3 is 20.5 Å². The number of carbonyl (C=O) groups excluding carboxylic acids is 3. The van der Waals surface area contributed by atoms with Crippen molar-refractivity contribution in [2.24, 2.45) is 5.73 Å². The molecule has 3 N–H and O–H groups in total. The van der Waals surface area contributed by atoms with E-state index in [1.165, 1.54) is 0 Å². The number of para-hydroxylation sites is 2. The monoisotopic (exact) mass is 340 g/mol. The van der Waals surface area contributed by atoms with Crippen molar-refractivity contribution in [1.29, 1.82) is 0 Å². The van der Waals surface area contributed by atoms with E-state index in [9.17, 15) is 14.4 Å². The fourth-order valence-electron chi connectivity index (χ4n) is 2.62. The number of benzene rings is 2. The van der Waals surface area contributed by atoms with Gasteiger partial charge in [0.25, 0.3) is 5.91 Å². The molecule has 0 aromatic heterocycles. The van der Waals surface area contributed by atoms with Gasteiger partial charge in [0.1, 0.15) is 17.4 Å². The van der Waals surface area contributed by atoms with Crippen molar-refractivity contribution in [3.8, 4) is 11.5 Å². The van der Waals surface area contributed by atoms with Crippen LogP contribution in [-0.4, -0.2) is 30.9 Å². The number of ether oxygens (including phenoxy) is 2. The molecule has 25 heavy (non-hydrogen) atoms. The Morgan fingerprint density at radius 2 is 1.56 bits per heavy atom. The van der Waals surface area contributed by atoms with E-state index >= 15 is 0 Å². The molecular formula is C18H16N2O5. The lowest BCUT2D eigenvalue weighted by atomic mass is 9.88. The number of carbonyl (C=O) groups is 3. The summed E-state index contributed by atoms with van der Waals surface area (Å²) in [6.07, 6.45) is 0. The van der Waals surface area contributed by atoms with Crippen molar-refractivity contribution in [2.45, 2.75) is 5.92 Å². The van der Waals surface area contributed by atoms with Crippen LogP contribution in [0, 0.1) is 0 Å². The largest absolute Gasteiger partial charge is 0.457 e. The van der Waals surface area contributed by atoms with Crippen LogP contribution < -0.4 is 15.8 Å². The minimum atomic E-state index is -0.690. The van der Waals surface area contributed by atoms with Gasteiger partial charge >= 0.3 is 5.97 Å². The number of hydrogen-bond donors (Lipinski definition) is 2. The molecule has 0 bridgehead atoms. The fourth-order valence-corrected chi connectivity index (χ4v) is 2.62. The number of esters is 1. The Morgan fingerprint density at radius 3 is 2.12 bits per heavy atom. The first-order valence-electron chi connectivity index (χ1n) is 7.63. The van der Waals surface area contributed by atoms with Crippen LogP contribution in [0.25, 0.3) is 0 Å². The molecule has 0 saturated carbocycles. The number of hydrogen-bond acceptors (Lipinski definition) is 5. The normalized spacial score (nSPS) is 12.3. The second-order valence-electron chi connectivity index (χ2n) is 5.46. The van der Waals surface area contributed by atoms with Gasteiger partial charge in [-0.15, -0.1) is 0 Å². The molecule has 0 fully saturated rings. The second kappa shape index (κ2) is 7.04. The molecule has 0 atom stereocenters. The third kappa shape index (κ3) is 3.60. The zero-order valence-electron chi connectivity index (χ0n) is 13.2. The Morgan fingerprint density at radius 1 is 1.00 bits per heavy atom. The summed E-state index contributed by atoms with van der Waals surface area (Å²) in [4.78, 5) is 34.9. The smallest absolute Gasteiger partial charge is 0.318 e. The molecular weight excluding hydrogens is 324 g/mol. The van der Waals surface area contributed by atoms with E-state index in [-0.39, 0.29) is 6.54 Å². The van der Waals surface area contributed by atoms with Crippen LogP contribution in [-0.2, 0) is 19.1 Å². The van der Waals surface area contributed by atoms with Crippen LogP contribution in [0.15, 0.2) is 48.5 Å². The van der Waals surface area contributed by atoms with Gasteiger partial charge in [-0.25, -0.2) is 0 Å². The average Bonchev–Trinajstić information content (AvgIpc) is 2.62. The van der Waals surface area contributed by atoms with Gasteiger partial charge in [0.2, 0.25) is 5.91 Å². The number of rotatable bonds is 5. The van der Waals surface area contributed by atoms with Crippen LogP contribution in [0.5, 0.6) is 11.5 Å².